The molecule has 1 aromatic carbocycles. The molecule has 0 radical (unpaired) electrons. The van der Waals surface area contributed by atoms with Crippen LogP contribution in [0.25, 0.3) is 10.2 Å². The van der Waals surface area contributed by atoms with Crippen molar-refractivity contribution in [3.8, 4) is 0 Å². The number of nitrogens with two attached hydrogens (primary N) is 1. The molecule has 0 aliphatic heterocycles. The molecule has 2 aromatic heterocycles. The smallest absolute Gasteiger partial charge is 0.262 e. The van der Waals surface area contributed by atoms with Crippen LogP contribution in [0.3, 0.4) is 0 Å². The van der Waals surface area contributed by atoms with E-state index in [0.717, 1.165) is 20.8 Å². The van der Waals surface area contributed by atoms with Crippen molar-refractivity contribution >= 4 is 27.5 Å². The highest BCUT2D eigenvalue weighted by atomic mass is 32.1. The fraction of sp³-hybridized carbons (Fsp3) is 0.278. The van der Waals surface area contributed by atoms with Crippen LogP contribution < -0.4 is 11.3 Å². The average Bonchev–Trinajstić information content (AvgIpc) is 2.82. The van der Waals surface area contributed by atoms with Crippen molar-refractivity contribution in [1.29, 1.82) is 0 Å². The molecule has 2 heterocycles. The van der Waals surface area contributed by atoms with E-state index in [1.165, 1.54) is 11.3 Å². The summed E-state index contributed by atoms with van der Waals surface area (Å²) in [7, 11) is 0. The van der Waals surface area contributed by atoms with Gasteiger partial charge in [0.15, 0.2) is 0 Å². The van der Waals surface area contributed by atoms with Gasteiger partial charge in [0.2, 0.25) is 5.91 Å². The van der Waals surface area contributed by atoms with Crippen molar-refractivity contribution in [3.63, 3.8) is 0 Å². The first kappa shape index (κ1) is 16.4. The quantitative estimate of drug-likeness (QED) is 0.774. The number of nitrogens with zero attached hydrogens (tertiary/aromatic N) is 2. The lowest BCUT2D eigenvalue weighted by molar-refractivity contribution is -0.118. The fourth-order valence-corrected chi connectivity index (χ4v) is 3.77. The van der Waals surface area contributed by atoms with Gasteiger partial charge in [0.25, 0.3) is 5.56 Å². The van der Waals surface area contributed by atoms with Gasteiger partial charge in [-0.25, -0.2) is 4.98 Å². The summed E-state index contributed by atoms with van der Waals surface area (Å²) in [5.41, 5.74) is 7.21. The number of aromatic nitrogens is 2. The molecule has 1 amide bonds. The van der Waals surface area contributed by atoms with E-state index < -0.39 is 5.91 Å². The van der Waals surface area contributed by atoms with Crippen LogP contribution >= 0.6 is 11.3 Å². The first-order valence-electron chi connectivity index (χ1n) is 7.79. The minimum Gasteiger partial charge on any atom is -0.370 e. The maximum absolute atomic E-state index is 13.0. The Morgan fingerprint density at radius 1 is 1.25 bits per heavy atom. The summed E-state index contributed by atoms with van der Waals surface area (Å²) in [5.74, 6) is 0.243. The van der Waals surface area contributed by atoms with Gasteiger partial charge in [0, 0.05) is 24.3 Å². The van der Waals surface area contributed by atoms with E-state index >= 15 is 0 Å². The molecule has 0 spiro atoms. The molecule has 0 aliphatic rings. The van der Waals surface area contributed by atoms with Crippen molar-refractivity contribution in [2.24, 2.45) is 5.73 Å². The van der Waals surface area contributed by atoms with Gasteiger partial charge in [0.1, 0.15) is 10.7 Å². The molecule has 0 fully saturated rings. The molecule has 0 bridgehead atoms. The predicted octanol–water partition coefficient (Wildman–Crippen LogP) is 2.54. The van der Waals surface area contributed by atoms with Crippen molar-refractivity contribution in [2.45, 2.75) is 33.2 Å². The zero-order valence-corrected chi connectivity index (χ0v) is 14.5. The third-order valence-electron chi connectivity index (χ3n) is 4.15. The maximum Gasteiger partial charge on any atom is 0.262 e. The largest absolute Gasteiger partial charge is 0.370 e. The van der Waals surface area contributed by atoms with E-state index in [0.29, 0.717) is 17.6 Å². The zero-order chi connectivity index (χ0) is 17.3. The third-order valence-corrected chi connectivity index (χ3v) is 5.26. The monoisotopic (exact) mass is 341 g/mol. The molecule has 5 nitrogen and oxygen atoms in total. The molecule has 0 atom stereocenters. The van der Waals surface area contributed by atoms with Crippen LogP contribution in [0.2, 0.25) is 0 Å². The van der Waals surface area contributed by atoms with Crippen molar-refractivity contribution in [1.82, 2.24) is 9.55 Å². The van der Waals surface area contributed by atoms with E-state index in [1.807, 2.05) is 44.2 Å². The Balaban J connectivity index is 2.16. The maximum atomic E-state index is 13.0. The van der Waals surface area contributed by atoms with Crippen molar-refractivity contribution < 1.29 is 4.79 Å². The number of hydrogen-bond acceptors (Lipinski definition) is 4. The van der Waals surface area contributed by atoms with Crippen LogP contribution in [0.15, 0.2) is 35.1 Å². The van der Waals surface area contributed by atoms with Crippen LogP contribution in [-0.4, -0.2) is 15.5 Å². The molecule has 2 N–H and O–H groups in total. The molecule has 3 rings (SSSR count). The molecule has 0 saturated carbocycles. The molecular weight excluding hydrogens is 322 g/mol. The average molecular weight is 341 g/mol. The Morgan fingerprint density at radius 2 is 1.96 bits per heavy atom. The summed E-state index contributed by atoms with van der Waals surface area (Å²) in [4.78, 5) is 30.7. The van der Waals surface area contributed by atoms with E-state index in [4.69, 9.17) is 10.7 Å². The first-order valence-corrected chi connectivity index (χ1v) is 8.60. The summed E-state index contributed by atoms with van der Waals surface area (Å²) in [6.45, 7) is 4.19. The highest BCUT2D eigenvalue weighted by molar-refractivity contribution is 7.18. The second kappa shape index (κ2) is 6.57. The van der Waals surface area contributed by atoms with Crippen LogP contribution in [0.1, 0.15) is 28.2 Å². The van der Waals surface area contributed by atoms with Gasteiger partial charge in [-0.15, -0.1) is 11.3 Å². The normalized spacial score (nSPS) is 11.1. The minimum absolute atomic E-state index is 0.0889. The Kier molecular flexibility index (Phi) is 4.49. The number of benzene rings is 1. The van der Waals surface area contributed by atoms with Gasteiger partial charge in [-0.05, 0) is 25.0 Å². The summed E-state index contributed by atoms with van der Waals surface area (Å²) >= 11 is 1.53. The number of hydrogen-bond donors (Lipinski definition) is 1. The lowest BCUT2D eigenvalue weighted by Gasteiger charge is -2.12. The number of primary amides is 1. The third kappa shape index (κ3) is 3.10. The molecule has 3 aromatic rings. The topological polar surface area (TPSA) is 78.0 Å². The number of carbonyl (C=O) groups is 1. The number of carbonyl (C=O) groups excluding carboxylic acids is 1. The standard InChI is InChI=1S/C18H19N3O2S/c1-11-12(2)24-17-16(11)18(23)21(9-8-14(19)22)15(20-17)10-13-6-4-3-5-7-13/h3-7H,8-10H2,1-2H3,(H2,19,22). The van der Waals surface area contributed by atoms with Gasteiger partial charge >= 0.3 is 0 Å². The Hall–Kier alpha value is -2.47. The van der Waals surface area contributed by atoms with Crippen LogP contribution in [-0.2, 0) is 17.8 Å². The lowest BCUT2D eigenvalue weighted by Crippen LogP contribution is -2.27. The predicted molar refractivity (Wildman–Crippen MR) is 96.4 cm³/mol. The van der Waals surface area contributed by atoms with Crippen LogP contribution in [0.4, 0.5) is 0 Å². The highest BCUT2D eigenvalue weighted by Gasteiger charge is 2.17. The Morgan fingerprint density at radius 3 is 2.62 bits per heavy atom. The summed E-state index contributed by atoms with van der Waals surface area (Å²) in [5, 5.41) is 0.652. The van der Waals surface area contributed by atoms with Gasteiger partial charge in [-0.2, -0.15) is 0 Å². The number of amides is 1. The number of rotatable bonds is 5. The molecule has 24 heavy (non-hydrogen) atoms. The number of aryl methyl sites for hydroxylation is 2. The summed E-state index contributed by atoms with van der Waals surface area (Å²) in [6.07, 6.45) is 0.665. The Bertz CT molecular complexity index is 958. The van der Waals surface area contributed by atoms with Gasteiger partial charge in [-0.1, -0.05) is 30.3 Å². The number of thiophene rings is 1. The second-order valence-electron chi connectivity index (χ2n) is 5.83. The van der Waals surface area contributed by atoms with Crippen molar-refractivity contribution in [3.05, 3.63) is 62.5 Å². The molecule has 0 saturated heterocycles. The summed E-state index contributed by atoms with van der Waals surface area (Å²) < 4.78 is 1.60. The van der Waals surface area contributed by atoms with Crippen molar-refractivity contribution in [2.75, 3.05) is 0 Å². The molecule has 0 unspecified atom stereocenters. The Labute approximate surface area is 143 Å². The fourth-order valence-electron chi connectivity index (χ4n) is 2.74. The second-order valence-corrected chi connectivity index (χ2v) is 7.03. The van der Waals surface area contributed by atoms with E-state index in [9.17, 15) is 9.59 Å². The minimum atomic E-state index is -0.425. The van der Waals surface area contributed by atoms with Gasteiger partial charge in [0.05, 0.1) is 5.39 Å². The first-order chi connectivity index (χ1) is 11.5. The van der Waals surface area contributed by atoms with E-state index in [1.54, 1.807) is 4.57 Å². The lowest BCUT2D eigenvalue weighted by atomic mass is 10.1. The molecule has 0 aliphatic carbocycles. The van der Waals surface area contributed by atoms with E-state index in [-0.39, 0.29) is 18.5 Å². The zero-order valence-electron chi connectivity index (χ0n) is 13.7. The van der Waals surface area contributed by atoms with Crippen LogP contribution in [0.5, 0.6) is 0 Å². The van der Waals surface area contributed by atoms with E-state index in [2.05, 4.69) is 0 Å². The molecular formula is C18H19N3O2S. The SMILES string of the molecule is Cc1sc2nc(Cc3ccccc3)n(CCC(N)=O)c(=O)c2c1C. The number of fused-ring (bicyclic) bond motifs is 1. The van der Waals surface area contributed by atoms with Gasteiger partial charge in [-0.3, -0.25) is 14.2 Å². The molecule has 124 valence electrons. The van der Waals surface area contributed by atoms with Gasteiger partial charge < -0.3 is 5.73 Å². The van der Waals surface area contributed by atoms with Crippen LogP contribution in [0, 0.1) is 13.8 Å². The summed E-state index contributed by atoms with van der Waals surface area (Å²) in [6, 6.07) is 9.87. The molecule has 6 heteroatoms. The highest BCUT2D eigenvalue weighted by Crippen LogP contribution is 2.26.